The highest BCUT2D eigenvalue weighted by atomic mass is 16.5. The molecule has 0 fully saturated rings. The molecule has 0 spiro atoms. The van der Waals surface area contributed by atoms with Crippen LogP contribution in [0.4, 0.5) is 0 Å². The van der Waals surface area contributed by atoms with E-state index in [9.17, 15) is 0 Å². The van der Waals surface area contributed by atoms with Crippen molar-refractivity contribution in [1.29, 1.82) is 0 Å². The number of hydrogen-bond donors (Lipinski definition) is 0. The van der Waals surface area contributed by atoms with Crippen LogP contribution in [0.2, 0.25) is 0 Å². The zero-order chi connectivity index (χ0) is 13.4. The Labute approximate surface area is 111 Å². The number of nitrogens with zero attached hydrogens (tertiary/aromatic N) is 1. The second-order valence-corrected chi connectivity index (χ2v) is 5.55. The average molecular weight is 247 g/mol. The first-order chi connectivity index (χ1) is 8.51. The highest BCUT2D eigenvalue weighted by Crippen LogP contribution is 2.07. The maximum Gasteiger partial charge on any atom is 0.0814 e. The van der Waals surface area contributed by atoms with Crippen LogP contribution in [0, 0.1) is 6.42 Å². The second kappa shape index (κ2) is 7.34. The van der Waals surface area contributed by atoms with Gasteiger partial charge < -0.3 is 9.22 Å². The van der Waals surface area contributed by atoms with Gasteiger partial charge in [-0.15, -0.1) is 0 Å². The molecule has 2 nitrogen and oxygen atoms in total. The molecular weight excluding hydrogens is 222 g/mol. The number of unbranched alkanes of at least 4 members (excludes halogenated alkanes) is 1. The molecule has 0 bridgehead atoms. The van der Waals surface area contributed by atoms with Crippen LogP contribution in [-0.2, 0) is 11.3 Å². The molecule has 0 aliphatic rings. The largest absolute Gasteiger partial charge is 0.377 e. The first-order valence-corrected chi connectivity index (χ1v) is 6.42. The summed E-state index contributed by atoms with van der Waals surface area (Å²) in [6, 6.07) is 8.31. The summed E-state index contributed by atoms with van der Waals surface area (Å²) in [6.07, 6.45) is 5.16. The van der Waals surface area contributed by atoms with Gasteiger partial charge >= 0.3 is 0 Å². The van der Waals surface area contributed by atoms with E-state index in [1.54, 1.807) is 0 Å². The molecule has 0 aromatic heterocycles. The molecule has 18 heavy (non-hydrogen) atoms. The molecule has 1 aromatic carbocycles. The lowest BCUT2D eigenvalue weighted by molar-refractivity contribution is -0.866. The average Bonchev–Trinajstić information content (AvgIpc) is 2.33. The van der Waals surface area contributed by atoms with Crippen molar-refractivity contribution < 1.29 is 9.22 Å². The lowest BCUT2D eigenvalue weighted by atomic mass is 10.1. The minimum Gasteiger partial charge on any atom is -0.377 e. The van der Waals surface area contributed by atoms with Crippen LogP contribution >= 0.6 is 0 Å². The van der Waals surface area contributed by atoms with Gasteiger partial charge in [0.25, 0.3) is 0 Å². The zero-order valence-corrected chi connectivity index (χ0v) is 11.9. The molecule has 0 amide bonds. The first-order valence-electron chi connectivity index (χ1n) is 6.42. The first kappa shape index (κ1) is 14.9. The monoisotopic (exact) mass is 247 g/mol. The van der Waals surface area contributed by atoms with Crippen LogP contribution in [-0.4, -0.2) is 38.8 Å². The Morgan fingerprint density at radius 3 is 2.39 bits per heavy atom. The minimum absolute atomic E-state index is 0.690. The summed E-state index contributed by atoms with van der Waals surface area (Å²) in [6.45, 7) is 6.31. The van der Waals surface area contributed by atoms with Crippen molar-refractivity contribution in [3.63, 3.8) is 0 Å². The fraction of sp³-hybridized carbons (Fsp3) is 0.438. The predicted molar refractivity (Wildman–Crippen MR) is 78.0 cm³/mol. The van der Waals surface area contributed by atoms with E-state index in [-0.39, 0.29) is 0 Å². The molecule has 1 radical (unpaired) electrons. The smallest absolute Gasteiger partial charge is 0.0814 e. The summed E-state index contributed by atoms with van der Waals surface area (Å²) in [5.74, 6) is 0. The Balaban J connectivity index is 2.12. The van der Waals surface area contributed by atoms with Gasteiger partial charge in [0.2, 0.25) is 0 Å². The van der Waals surface area contributed by atoms with E-state index < -0.39 is 0 Å². The van der Waals surface area contributed by atoms with Crippen molar-refractivity contribution in [3.8, 4) is 0 Å². The molecular formula is C16H25NO+. The van der Waals surface area contributed by atoms with Crippen LogP contribution in [0.5, 0.6) is 0 Å². The zero-order valence-electron chi connectivity index (χ0n) is 11.9. The predicted octanol–water partition coefficient (Wildman–Crippen LogP) is 3.15. The van der Waals surface area contributed by atoms with E-state index in [1.165, 1.54) is 5.56 Å². The van der Waals surface area contributed by atoms with Crippen LogP contribution in [0.1, 0.15) is 17.5 Å². The number of quaternary nitrogens is 1. The molecule has 2 heteroatoms. The van der Waals surface area contributed by atoms with Crippen molar-refractivity contribution in [2.75, 3.05) is 34.3 Å². The van der Waals surface area contributed by atoms with Gasteiger partial charge in [0, 0.05) is 13.0 Å². The van der Waals surface area contributed by atoms with Crippen LogP contribution in [0.3, 0.4) is 0 Å². The quantitative estimate of drug-likeness (QED) is 0.506. The van der Waals surface area contributed by atoms with Crippen LogP contribution in [0.25, 0.3) is 6.08 Å². The van der Waals surface area contributed by atoms with E-state index in [1.807, 2.05) is 6.08 Å². The molecule has 1 aromatic rings. The number of hydrogen-bond acceptors (Lipinski definition) is 1. The summed E-state index contributed by atoms with van der Waals surface area (Å²) in [5.41, 5.74) is 2.36. The third-order valence-corrected chi connectivity index (χ3v) is 2.63. The van der Waals surface area contributed by atoms with Gasteiger partial charge in [-0.3, -0.25) is 0 Å². The Bertz CT molecular complexity index is 348. The standard InChI is InChI=1S/C16H25NO/c1-5-15-8-10-16(11-9-15)14-18-13-7-6-12-17(2,3)4/h5-6,8-11H,1,7,12-14H2,2-4H3/q+1. The number of benzene rings is 1. The van der Waals surface area contributed by atoms with E-state index in [2.05, 4.69) is 58.4 Å². The number of rotatable bonds is 8. The van der Waals surface area contributed by atoms with Gasteiger partial charge in [-0.25, -0.2) is 0 Å². The maximum absolute atomic E-state index is 5.64. The van der Waals surface area contributed by atoms with E-state index >= 15 is 0 Å². The summed E-state index contributed by atoms with van der Waals surface area (Å²) < 4.78 is 6.62. The SMILES string of the molecule is C=Cc1ccc(COCC[CH]C[N+](C)(C)C)cc1. The second-order valence-electron chi connectivity index (χ2n) is 5.55. The normalized spacial score (nSPS) is 11.5. The summed E-state index contributed by atoms with van der Waals surface area (Å²) in [5, 5.41) is 0. The molecule has 0 N–H and O–H groups in total. The molecule has 0 saturated carbocycles. The maximum atomic E-state index is 5.64. The Kier molecular flexibility index (Phi) is 6.10. The summed E-state index contributed by atoms with van der Waals surface area (Å²) in [7, 11) is 6.58. The fourth-order valence-electron chi connectivity index (χ4n) is 1.59. The van der Waals surface area contributed by atoms with E-state index in [0.29, 0.717) is 6.61 Å². The topological polar surface area (TPSA) is 9.23 Å². The van der Waals surface area contributed by atoms with Gasteiger partial charge in [0.05, 0.1) is 34.3 Å². The van der Waals surface area contributed by atoms with Crippen molar-refractivity contribution in [3.05, 3.63) is 48.4 Å². The van der Waals surface area contributed by atoms with Gasteiger partial charge in [-0.1, -0.05) is 36.9 Å². The van der Waals surface area contributed by atoms with Crippen LogP contribution in [0.15, 0.2) is 30.8 Å². The number of ether oxygens (including phenoxy) is 1. The van der Waals surface area contributed by atoms with Crippen molar-refractivity contribution in [2.45, 2.75) is 13.0 Å². The fourth-order valence-corrected chi connectivity index (χ4v) is 1.59. The van der Waals surface area contributed by atoms with Gasteiger partial charge in [0.1, 0.15) is 0 Å². The molecule has 1 rings (SSSR count). The third kappa shape index (κ3) is 6.58. The molecule has 0 heterocycles. The molecule has 0 saturated heterocycles. The Hall–Kier alpha value is -1.12. The van der Waals surface area contributed by atoms with Crippen molar-refractivity contribution in [2.24, 2.45) is 0 Å². The molecule has 99 valence electrons. The van der Waals surface area contributed by atoms with Gasteiger partial charge in [-0.2, -0.15) is 0 Å². The Morgan fingerprint density at radius 2 is 1.83 bits per heavy atom. The molecule has 0 atom stereocenters. The third-order valence-electron chi connectivity index (χ3n) is 2.63. The van der Waals surface area contributed by atoms with E-state index in [4.69, 9.17) is 4.74 Å². The molecule has 0 aliphatic heterocycles. The Morgan fingerprint density at radius 1 is 1.17 bits per heavy atom. The highest BCUT2D eigenvalue weighted by Gasteiger charge is 2.05. The van der Waals surface area contributed by atoms with Crippen molar-refractivity contribution in [1.82, 2.24) is 0 Å². The molecule has 0 unspecified atom stereocenters. The van der Waals surface area contributed by atoms with Crippen LogP contribution < -0.4 is 0 Å². The lowest BCUT2D eigenvalue weighted by Gasteiger charge is -2.23. The van der Waals surface area contributed by atoms with Gasteiger partial charge in [-0.05, 0) is 17.5 Å². The minimum atomic E-state index is 0.690. The van der Waals surface area contributed by atoms with Crippen molar-refractivity contribution >= 4 is 6.08 Å². The van der Waals surface area contributed by atoms with E-state index in [0.717, 1.165) is 29.6 Å². The summed E-state index contributed by atoms with van der Waals surface area (Å²) in [4.78, 5) is 0. The highest BCUT2D eigenvalue weighted by molar-refractivity contribution is 5.47. The molecule has 0 aliphatic carbocycles. The summed E-state index contributed by atoms with van der Waals surface area (Å²) >= 11 is 0. The lowest BCUT2D eigenvalue weighted by Crippen LogP contribution is -2.35. The van der Waals surface area contributed by atoms with Gasteiger partial charge in [0.15, 0.2) is 0 Å².